The van der Waals surface area contributed by atoms with E-state index in [0.29, 0.717) is 25.2 Å². The highest BCUT2D eigenvalue weighted by molar-refractivity contribution is 5.88. The Morgan fingerprint density at radius 3 is 2.68 bits per heavy atom. The second kappa shape index (κ2) is 7.92. The fourth-order valence-corrected chi connectivity index (χ4v) is 3.19. The Kier molecular flexibility index (Phi) is 5.01. The van der Waals surface area contributed by atoms with Crippen LogP contribution in [-0.2, 0) is 17.8 Å². The molecule has 0 atom stereocenters. The zero-order chi connectivity index (χ0) is 19.3. The van der Waals surface area contributed by atoms with Crippen molar-refractivity contribution in [3.05, 3.63) is 89.1 Å². The maximum atomic E-state index is 12.3. The molecule has 0 aliphatic heterocycles. The molecule has 2 aromatic heterocycles. The van der Waals surface area contributed by atoms with Crippen molar-refractivity contribution in [3.8, 4) is 11.3 Å². The highest BCUT2D eigenvalue weighted by Gasteiger charge is 2.08. The number of nitrogens with one attached hydrogen (secondary N) is 2. The third-order valence-electron chi connectivity index (χ3n) is 4.65. The Balaban J connectivity index is 1.35. The summed E-state index contributed by atoms with van der Waals surface area (Å²) in [5.74, 6) is -0.0772. The highest BCUT2D eigenvalue weighted by Crippen LogP contribution is 2.18. The zero-order valence-corrected chi connectivity index (χ0v) is 15.3. The molecule has 6 nitrogen and oxygen atoms in total. The molecule has 0 unspecified atom stereocenters. The summed E-state index contributed by atoms with van der Waals surface area (Å²) in [6.45, 7) is 0.744. The summed E-state index contributed by atoms with van der Waals surface area (Å²) in [6, 6.07) is 19.0. The second-order valence-electron chi connectivity index (χ2n) is 6.56. The summed E-state index contributed by atoms with van der Waals surface area (Å²) in [6.07, 6.45) is 3.68. The Morgan fingerprint density at radius 2 is 1.86 bits per heavy atom. The van der Waals surface area contributed by atoms with Crippen molar-refractivity contribution in [2.24, 2.45) is 0 Å². The first kappa shape index (κ1) is 17.7. The van der Waals surface area contributed by atoms with Crippen LogP contribution in [0, 0.1) is 0 Å². The number of aromatic amines is 1. The molecular formula is C22H20N4O2. The molecule has 1 amide bonds. The number of hydrogen-bond acceptors (Lipinski definition) is 3. The third-order valence-corrected chi connectivity index (χ3v) is 4.65. The van der Waals surface area contributed by atoms with E-state index < -0.39 is 0 Å². The average Bonchev–Trinajstić information content (AvgIpc) is 3.13. The number of rotatable bonds is 6. The van der Waals surface area contributed by atoms with Crippen molar-refractivity contribution in [3.63, 3.8) is 0 Å². The minimum atomic E-state index is -0.139. The molecule has 6 heteroatoms. The van der Waals surface area contributed by atoms with Gasteiger partial charge in [-0.2, -0.15) is 0 Å². The molecule has 0 fully saturated rings. The molecule has 0 spiro atoms. The monoisotopic (exact) mass is 372 g/mol. The SMILES string of the molecule is O=C(Cc1c[nH]c2ccccc12)NCCn1cnc(-c2ccccc2)cc1=O. The van der Waals surface area contributed by atoms with Gasteiger partial charge in [0, 0.05) is 41.8 Å². The molecule has 2 N–H and O–H groups in total. The van der Waals surface area contributed by atoms with E-state index in [1.165, 1.54) is 17.0 Å². The van der Waals surface area contributed by atoms with E-state index in [4.69, 9.17) is 0 Å². The largest absolute Gasteiger partial charge is 0.361 e. The summed E-state index contributed by atoms with van der Waals surface area (Å²) in [7, 11) is 0. The van der Waals surface area contributed by atoms with Gasteiger partial charge in [-0.1, -0.05) is 48.5 Å². The standard InChI is InChI=1S/C22H20N4O2/c27-21(12-17-14-24-19-9-5-4-8-18(17)19)23-10-11-26-15-25-20(13-22(26)28)16-6-2-1-3-7-16/h1-9,13-15,24H,10-12H2,(H,23,27). The van der Waals surface area contributed by atoms with E-state index in [9.17, 15) is 9.59 Å². The summed E-state index contributed by atoms with van der Waals surface area (Å²) in [5.41, 5.74) is 3.38. The molecular weight excluding hydrogens is 352 g/mol. The number of aromatic nitrogens is 3. The van der Waals surface area contributed by atoms with Crippen LogP contribution in [-0.4, -0.2) is 27.0 Å². The van der Waals surface area contributed by atoms with Gasteiger partial charge in [-0.3, -0.25) is 14.2 Å². The van der Waals surface area contributed by atoms with E-state index in [1.54, 1.807) is 0 Å². The number of H-pyrrole nitrogens is 1. The number of benzene rings is 2. The molecule has 2 heterocycles. The fourth-order valence-electron chi connectivity index (χ4n) is 3.19. The van der Waals surface area contributed by atoms with Gasteiger partial charge in [0.1, 0.15) is 0 Å². The molecule has 2 aromatic carbocycles. The van der Waals surface area contributed by atoms with Gasteiger partial charge in [-0.15, -0.1) is 0 Å². The lowest BCUT2D eigenvalue weighted by molar-refractivity contribution is -0.120. The molecule has 140 valence electrons. The van der Waals surface area contributed by atoms with Gasteiger partial charge < -0.3 is 10.3 Å². The summed E-state index contributed by atoms with van der Waals surface area (Å²) < 4.78 is 1.50. The maximum Gasteiger partial charge on any atom is 0.253 e. The predicted octanol–water partition coefficient (Wildman–Crippen LogP) is 2.75. The zero-order valence-electron chi connectivity index (χ0n) is 15.3. The minimum absolute atomic E-state index is 0.0772. The molecule has 0 aliphatic rings. The fraction of sp³-hybridized carbons (Fsp3) is 0.136. The first-order valence-corrected chi connectivity index (χ1v) is 9.14. The number of para-hydroxylation sites is 1. The molecule has 0 saturated carbocycles. The third kappa shape index (κ3) is 3.86. The Labute approximate surface area is 161 Å². The number of carbonyl (C=O) groups excluding carboxylic acids is 1. The molecule has 4 aromatic rings. The molecule has 0 bridgehead atoms. The van der Waals surface area contributed by atoms with Crippen LogP contribution in [0.1, 0.15) is 5.56 Å². The number of carbonyl (C=O) groups is 1. The quantitative estimate of drug-likeness (QED) is 0.546. The molecule has 0 aliphatic carbocycles. The molecule has 4 rings (SSSR count). The first-order chi connectivity index (χ1) is 13.7. The average molecular weight is 372 g/mol. The van der Waals surface area contributed by atoms with E-state index in [2.05, 4.69) is 15.3 Å². The van der Waals surface area contributed by atoms with Crippen LogP contribution in [0.4, 0.5) is 0 Å². The van der Waals surface area contributed by atoms with Crippen molar-refractivity contribution < 1.29 is 4.79 Å². The summed E-state index contributed by atoms with van der Waals surface area (Å²) in [5, 5.41) is 3.92. The van der Waals surface area contributed by atoms with Gasteiger partial charge in [0.2, 0.25) is 5.91 Å². The second-order valence-corrected chi connectivity index (χ2v) is 6.56. The van der Waals surface area contributed by atoms with Crippen molar-refractivity contribution in [1.29, 1.82) is 0 Å². The molecule has 28 heavy (non-hydrogen) atoms. The molecule has 0 radical (unpaired) electrons. The number of hydrogen-bond donors (Lipinski definition) is 2. The van der Waals surface area contributed by atoms with Crippen LogP contribution in [0.25, 0.3) is 22.2 Å². The van der Waals surface area contributed by atoms with Crippen molar-refractivity contribution >= 4 is 16.8 Å². The van der Waals surface area contributed by atoms with Crippen molar-refractivity contribution in [1.82, 2.24) is 19.9 Å². The highest BCUT2D eigenvalue weighted by atomic mass is 16.1. The predicted molar refractivity (Wildman–Crippen MR) is 109 cm³/mol. The summed E-state index contributed by atoms with van der Waals surface area (Å²) >= 11 is 0. The number of nitrogens with zero attached hydrogens (tertiary/aromatic N) is 2. The van der Waals surface area contributed by atoms with Crippen LogP contribution in [0.2, 0.25) is 0 Å². The van der Waals surface area contributed by atoms with Crippen LogP contribution in [0.3, 0.4) is 0 Å². The smallest absolute Gasteiger partial charge is 0.253 e. The van der Waals surface area contributed by atoms with Crippen molar-refractivity contribution in [2.75, 3.05) is 6.54 Å². The van der Waals surface area contributed by atoms with Crippen LogP contribution in [0.15, 0.2) is 78.0 Å². The summed E-state index contributed by atoms with van der Waals surface area (Å²) in [4.78, 5) is 32.1. The topological polar surface area (TPSA) is 79.8 Å². The van der Waals surface area contributed by atoms with Gasteiger partial charge in [0.25, 0.3) is 5.56 Å². The lowest BCUT2D eigenvalue weighted by atomic mass is 10.1. The van der Waals surface area contributed by atoms with Gasteiger partial charge in [-0.25, -0.2) is 4.98 Å². The lowest BCUT2D eigenvalue weighted by Crippen LogP contribution is -2.31. The number of fused-ring (bicyclic) bond motifs is 1. The van der Waals surface area contributed by atoms with Crippen LogP contribution in [0.5, 0.6) is 0 Å². The van der Waals surface area contributed by atoms with Gasteiger partial charge >= 0.3 is 0 Å². The Bertz CT molecular complexity index is 1160. The Morgan fingerprint density at radius 1 is 1.07 bits per heavy atom. The van der Waals surface area contributed by atoms with E-state index in [0.717, 1.165) is 22.0 Å². The number of amides is 1. The maximum absolute atomic E-state index is 12.3. The minimum Gasteiger partial charge on any atom is -0.361 e. The van der Waals surface area contributed by atoms with E-state index >= 15 is 0 Å². The Hall–Kier alpha value is -3.67. The normalized spacial score (nSPS) is 10.9. The van der Waals surface area contributed by atoms with Gasteiger partial charge in [0.05, 0.1) is 18.4 Å². The van der Waals surface area contributed by atoms with Crippen molar-refractivity contribution in [2.45, 2.75) is 13.0 Å². The van der Waals surface area contributed by atoms with Gasteiger partial charge in [-0.05, 0) is 11.6 Å². The van der Waals surface area contributed by atoms with E-state index in [1.807, 2.05) is 60.8 Å². The first-order valence-electron chi connectivity index (χ1n) is 9.14. The van der Waals surface area contributed by atoms with Crippen LogP contribution >= 0.6 is 0 Å². The van der Waals surface area contributed by atoms with Gasteiger partial charge in [0.15, 0.2) is 0 Å². The molecule has 0 saturated heterocycles. The van der Waals surface area contributed by atoms with Crippen LogP contribution < -0.4 is 10.9 Å². The van der Waals surface area contributed by atoms with E-state index in [-0.39, 0.29) is 11.5 Å². The lowest BCUT2D eigenvalue weighted by Gasteiger charge is -2.08.